The second-order valence-electron chi connectivity index (χ2n) is 5.10. The summed E-state index contributed by atoms with van der Waals surface area (Å²) in [6.45, 7) is 2.54. The van der Waals surface area contributed by atoms with Crippen LogP contribution in [-0.4, -0.2) is 24.5 Å². The summed E-state index contributed by atoms with van der Waals surface area (Å²) >= 11 is 11.7. The number of carbonyl (C=O) groups is 1. The zero-order chi connectivity index (χ0) is 16.1. The lowest BCUT2D eigenvalue weighted by molar-refractivity contribution is -0.132. The van der Waals surface area contributed by atoms with Gasteiger partial charge in [0, 0.05) is 19.7 Å². The van der Waals surface area contributed by atoms with Gasteiger partial charge in [-0.25, -0.2) is 0 Å². The molecule has 0 aliphatic carbocycles. The minimum atomic E-state index is -0.105. The molecule has 0 saturated heterocycles. The van der Waals surface area contributed by atoms with E-state index in [0.717, 1.165) is 5.56 Å². The molecule has 0 aliphatic heterocycles. The van der Waals surface area contributed by atoms with Crippen LogP contribution in [0, 0.1) is 6.92 Å². The van der Waals surface area contributed by atoms with E-state index in [2.05, 4.69) is 0 Å². The highest BCUT2D eigenvalue weighted by atomic mass is 35.5. The summed E-state index contributed by atoms with van der Waals surface area (Å²) in [5, 5.41) is 0.858. The van der Waals surface area contributed by atoms with Gasteiger partial charge in [-0.05, 0) is 24.6 Å². The summed E-state index contributed by atoms with van der Waals surface area (Å²) in [6.07, 6.45) is 0. The first-order chi connectivity index (χ1) is 10.5. The van der Waals surface area contributed by atoms with Crippen LogP contribution in [-0.2, 0) is 11.3 Å². The van der Waals surface area contributed by atoms with Gasteiger partial charge >= 0.3 is 0 Å². The Morgan fingerprint density at radius 2 is 1.77 bits per heavy atom. The highest BCUT2D eigenvalue weighted by Crippen LogP contribution is 2.26. The van der Waals surface area contributed by atoms with Crippen LogP contribution in [0.15, 0.2) is 42.5 Å². The minimum Gasteiger partial charge on any atom is -0.484 e. The molecule has 5 heteroatoms. The summed E-state index contributed by atoms with van der Waals surface area (Å²) in [4.78, 5) is 13.7. The zero-order valence-electron chi connectivity index (χ0n) is 12.5. The second kappa shape index (κ2) is 7.52. The van der Waals surface area contributed by atoms with Crippen molar-refractivity contribution in [3.8, 4) is 5.75 Å². The number of likely N-dealkylation sites (N-methyl/N-ethyl adjacent to an activating group) is 1. The van der Waals surface area contributed by atoms with Crippen molar-refractivity contribution in [1.29, 1.82) is 0 Å². The lowest BCUT2D eigenvalue weighted by Crippen LogP contribution is -2.30. The van der Waals surface area contributed by atoms with Crippen molar-refractivity contribution < 1.29 is 9.53 Å². The lowest BCUT2D eigenvalue weighted by atomic mass is 10.1. The van der Waals surface area contributed by atoms with Gasteiger partial charge in [-0.15, -0.1) is 0 Å². The van der Waals surface area contributed by atoms with Crippen LogP contribution < -0.4 is 4.74 Å². The number of aryl methyl sites for hydroxylation is 1. The molecule has 0 spiro atoms. The lowest BCUT2D eigenvalue weighted by Gasteiger charge is -2.18. The zero-order valence-corrected chi connectivity index (χ0v) is 14.0. The first-order valence-electron chi connectivity index (χ1n) is 6.83. The maximum absolute atomic E-state index is 12.1. The molecule has 22 heavy (non-hydrogen) atoms. The molecule has 0 fully saturated rings. The third-order valence-electron chi connectivity index (χ3n) is 3.22. The van der Waals surface area contributed by atoms with E-state index >= 15 is 0 Å². The molecule has 0 aliphatic rings. The normalized spacial score (nSPS) is 10.4. The Bertz CT molecular complexity index is 656. The maximum atomic E-state index is 12.1. The van der Waals surface area contributed by atoms with Crippen LogP contribution in [0.2, 0.25) is 10.0 Å². The molecule has 0 radical (unpaired) electrons. The smallest absolute Gasteiger partial charge is 0.260 e. The molecule has 2 aromatic carbocycles. The number of hydrogen-bond acceptors (Lipinski definition) is 2. The van der Waals surface area contributed by atoms with Crippen LogP contribution in [0.1, 0.15) is 11.1 Å². The van der Waals surface area contributed by atoms with Gasteiger partial charge < -0.3 is 9.64 Å². The highest BCUT2D eigenvalue weighted by Gasteiger charge is 2.10. The predicted molar refractivity (Wildman–Crippen MR) is 89.6 cm³/mol. The molecular formula is C17H17Cl2NO2. The number of ether oxygens (including phenoxy) is 1. The van der Waals surface area contributed by atoms with Crippen molar-refractivity contribution in [2.45, 2.75) is 13.5 Å². The van der Waals surface area contributed by atoms with Crippen molar-refractivity contribution >= 4 is 29.1 Å². The van der Waals surface area contributed by atoms with Gasteiger partial charge in [0.1, 0.15) is 5.75 Å². The van der Waals surface area contributed by atoms with Crippen LogP contribution in [0.4, 0.5) is 0 Å². The van der Waals surface area contributed by atoms with E-state index in [0.29, 0.717) is 22.3 Å². The Morgan fingerprint density at radius 1 is 1.09 bits per heavy atom. The number of halogens is 2. The molecule has 0 bridgehead atoms. The summed E-state index contributed by atoms with van der Waals surface area (Å²) in [5.74, 6) is 0.415. The monoisotopic (exact) mass is 337 g/mol. The Balaban J connectivity index is 1.88. The molecule has 0 heterocycles. The van der Waals surface area contributed by atoms with Crippen LogP contribution in [0.5, 0.6) is 5.75 Å². The second-order valence-corrected chi connectivity index (χ2v) is 5.91. The highest BCUT2D eigenvalue weighted by molar-refractivity contribution is 6.42. The largest absolute Gasteiger partial charge is 0.484 e. The third kappa shape index (κ3) is 4.65. The molecule has 0 aromatic heterocycles. The number of rotatable bonds is 5. The number of amides is 1. The van der Waals surface area contributed by atoms with Gasteiger partial charge in [-0.1, -0.05) is 53.0 Å². The van der Waals surface area contributed by atoms with Crippen LogP contribution in [0.3, 0.4) is 0 Å². The number of nitrogens with zero attached hydrogens (tertiary/aromatic N) is 1. The molecule has 0 unspecified atom stereocenters. The molecule has 2 aromatic rings. The van der Waals surface area contributed by atoms with Gasteiger partial charge in [0.2, 0.25) is 0 Å². The molecule has 3 nitrogen and oxygen atoms in total. The van der Waals surface area contributed by atoms with Gasteiger partial charge in [0.05, 0.1) is 10.0 Å². The number of benzene rings is 2. The standard InChI is InChI=1S/C17H17Cl2NO2/c1-12-3-5-13(6-4-12)10-20(2)17(21)11-22-14-7-8-15(18)16(19)9-14/h3-9H,10-11H2,1-2H3. The summed E-state index contributed by atoms with van der Waals surface area (Å²) in [6, 6.07) is 13.0. The van der Waals surface area contributed by atoms with E-state index in [4.69, 9.17) is 27.9 Å². The van der Waals surface area contributed by atoms with Crippen molar-refractivity contribution in [3.63, 3.8) is 0 Å². The molecule has 116 valence electrons. The van der Waals surface area contributed by atoms with Gasteiger partial charge in [0.25, 0.3) is 5.91 Å². The maximum Gasteiger partial charge on any atom is 0.260 e. The summed E-state index contributed by atoms with van der Waals surface area (Å²) in [5.41, 5.74) is 2.27. The topological polar surface area (TPSA) is 29.5 Å². The molecule has 2 rings (SSSR count). The van der Waals surface area contributed by atoms with Gasteiger partial charge in [-0.2, -0.15) is 0 Å². The fourth-order valence-electron chi connectivity index (χ4n) is 1.88. The average Bonchev–Trinajstić information content (AvgIpc) is 2.50. The van der Waals surface area contributed by atoms with Crippen LogP contribution in [0.25, 0.3) is 0 Å². The Labute approximate surface area is 140 Å². The van der Waals surface area contributed by atoms with Gasteiger partial charge in [0.15, 0.2) is 6.61 Å². The predicted octanol–water partition coefficient (Wildman–Crippen LogP) is 4.34. The molecule has 0 saturated carbocycles. The molecule has 0 atom stereocenters. The molecular weight excluding hydrogens is 321 g/mol. The Hall–Kier alpha value is -1.71. The van der Waals surface area contributed by atoms with E-state index < -0.39 is 0 Å². The minimum absolute atomic E-state index is 0.0413. The third-order valence-corrected chi connectivity index (χ3v) is 3.96. The van der Waals surface area contributed by atoms with E-state index in [9.17, 15) is 4.79 Å². The van der Waals surface area contributed by atoms with Crippen molar-refractivity contribution in [2.75, 3.05) is 13.7 Å². The van der Waals surface area contributed by atoms with Crippen molar-refractivity contribution in [2.24, 2.45) is 0 Å². The van der Waals surface area contributed by atoms with Crippen LogP contribution >= 0.6 is 23.2 Å². The first-order valence-corrected chi connectivity index (χ1v) is 7.58. The van der Waals surface area contributed by atoms with Crippen molar-refractivity contribution in [1.82, 2.24) is 4.90 Å². The summed E-state index contributed by atoms with van der Waals surface area (Å²) in [7, 11) is 1.75. The number of hydrogen-bond donors (Lipinski definition) is 0. The Morgan fingerprint density at radius 3 is 2.41 bits per heavy atom. The summed E-state index contributed by atoms with van der Waals surface area (Å²) < 4.78 is 5.45. The fourth-order valence-corrected chi connectivity index (χ4v) is 2.17. The van der Waals surface area contributed by atoms with Crippen molar-refractivity contribution in [3.05, 3.63) is 63.6 Å². The van der Waals surface area contributed by atoms with E-state index in [1.807, 2.05) is 31.2 Å². The van der Waals surface area contributed by atoms with E-state index in [1.54, 1.807) is 30.1 Å². The fraction of sp³-hybridized carbons (Fsp3) is 0.235. The van der Waals surface area contributed by atoms with E-state index in [1.165, 1.54) is 5.56 Å². The SMILES string of the molecule is Cc1ccc(CN(C)C(=O)COc2ccc(Cl)c(Cl)c2)cc1. The quantitative estimate of drug-likeness (QED) is 0.812. The molecule has 0 N–H and O–H groups in total. The average molecular weight is 338 g/mol. The van der Waals surface area contributed by atoms with E-state index in [-0.39, 0.29) is 12.5 Å². The number of carbonyl (C=O) groups excluding carboxylic acids is 1. The Kier molecular flexibility index (Phi) is 5.69. The van der Waals surface area contributed by atoms with Gasteiger partial charge in [-0.3, -0.25) is 4.79 Å². The molecule has 1 amide bonds. The first kappa shape index (κ1) is 16.7.